The van der Waals surface area contributed by atoms with Crippen molar-refractivity contribution in [2.45, 2.75) is 0 Å². The fourth-order valence-corrected chi connectivity index (χ4v) is 2.78. The summed E-state index contributed by atoms with van der Waals surface area (Å²) < 4.78 is 13.0. The molecule has 1 N–H and O–H groups in total. The van der Waals surface area contributed by atoms with Crippen molar-refractivity contribution in [3.63, 3.8) is 0 Å². The zero-order valence-corrected chi connectivity index (χ0v) is 14.7. The van der Waals surface area contributed by atoms with Crippen LogP contribution in [0.3, 0.4) is 0 Å². The lowest BCUT2D eigenvalue weighted by Crippen LogP contribution is -2.18. The van der Waals surface area contributed by atoms with Crippen molar-refractivity contribution in [2.75, 3.05) is 0 Å². The van der Waals surface area contributed by atoms with Gasteiger partial charge in [-0.3, -0.25) is 9.78 Å². The molecule has 4 aromatic rings. The zero-order valence-electron chi connectivity index (χ0n) is 14.7. The summed E-state index contributed by atoms with van der Waals surface area (Å²) in [4.78, 5) is 21.7. The standard InChI is InChI=1S/C22H15FN4O/c23-16-10-8-15(9-11-16)14-25-27-22(28)18-13-21(20-7-3-4-12-24-20)26-19-6-2-1-5-17(18)19/h1-14H,(H,27,28)/b25-14+. The molecule has 2 heterocycles. The van der Waals surface area contributed by atoms with Crippen molar-refractivity contribution in [1.82, 2.24) is 15.4 Å². The van der Waals surface area contributed by atoms with Crippen molar-refractivity contribution in [3.05, 3.63) is 95.9 Å². The van der Waals surface area contributed by atoms with Gasteiger partial charge < -0.3 is 0 Å². The van der Waals surface area contributed by atoms with Gasteiger partial charge in [0.05, 0.1) is 28.7 Å². The Labute approximate surface area is 160 Å². The number of nitrogens with one attached hydrogen (secondary N) is 1. The lowest BCUT2D eigenvalue weighted by molar-refractivity contribution is 0.0956. The van der Waals surface area contributed by atoms with Crippen LogP contribution in [0, 0.1) is 5.82 Å². The van der Waals surface area contributed by atoms with Gasteiger partial charge in [-0.25, -0.2) is 14.8 Å². The highest BCUT2D eigenvalue weighted by Gasteiger charge is 2.13. The van der Waals surface area contributed by atoms with Crippen molar-refractivity contribution in [1.29, 1.82) is 0 Å². The van der Waals surface area contributed by atoms with Crippen LogP contribution in [-0.2, 0) is 0 Å². The molecule has 28 heavy (non-hydrogen) atoms. The molecule has 0 aliphatic carbocycles. The molecule has 0 saturated heterocycles. The van der Waals surface area contributed by atoms with E-state index in [9.17, 15) is 9.18 Å². The van der Waals surface area contributed by atoms with E-state index in [1.165, 1.54) is 18.3 Å². The van der Waals surface area contributed by atoms with Gasteiger partial charge in [0.15, 0.2) is 0 Å². The number of amides is 1. The molecule has 0 aliphatic rings. The summed E-state index contributed by atoms with van der Waals surface area (Å²) in [6.07, 6.45) is 3.14. The first-order chi connectivity index (χ1) is 13.7. The third kappa shape index (κ3) is 3.76. The minimum absolute atomic E-state index is 0.327. The Kier molecular flexibility index (Phi) is 4.84. The van der Waals surface area contributed by atoms with Crippen molar-refractivity contribution in [2.24, 2.45) is 5.10 Å². The van der Waals surface area contributed by atoms with Crippen molar-refractivity contribution < 1.29 is 9.18 Å². The number of hydrogen-bond donors (Lipinski definition) is 1. The number of aromatic nitrogens is 2. The highest BCUT2D eigenvalue weighted by molar-refractivity contribution is 6.07. The highest BCUT2D eigenvalue weighted by Crippen LogP contribution is 2.23. The van der Waals surface area contributed by atoms with Gasteiger partial charge in [0.1, 0.15) is 5.82 Å². The number of carbonyl (C=O) groups is 1. The SMILES string of the molecule is O=C(N/N=C/c1ccc(F)cc1)c1cc(-c2ccccn2)nc2ccccc12. The molecule has 6 heteroatoms. The monoisotopic (exact) mass is 370 g/mol. The maximum Gasteiger partial charge on any atom is 0.272 e. The Balaban J connectivity index is 1.66. The molecule has 2 aromatic heterocycles. The molecule has 0 fully saturated rings. The third-order valence-electron chi connectivity index (χ3n) is 4.14. The summed E-state index contributed by atoms with van der Waals surface area (Å²) in [6, 6.07) is 20.4. The predicted molar refractivity (Wildman–Crippen MR) is 106 cm³/mol. The van der Waals surface area contributed by atoms with E-state index in [4.69, 9.17) is 0 Å². The molecule has 136 valence electrons. The van der Waals surface area contributed by atoms with Crippen LogP contribution in [-0.4, -0.2) is 22.1 Å². The summed E-state index contributed by atoms with van der Waals surface area (Å²) in [7, 11) is 0. The van der Waals surface area contributed by atoms with Crippen LogP contribution in [0.25, 0.3) is 22.3 Å². The maximum absolute atomic E-state index is 13.0. The molecular formula is C22H15FN4O. The van der Waals surface area contributed by atoms with Gasteiger partial charge in [-0.15, -0.1) is 0 Å². The number of fused-ring (bicyclic) bond motifs is 1. The summed E-state index contributed by atoms with van der Waals surface area (Å²) in [5.41, 5.74) is 5.62. The molecule has 1 amide bonds. The molecule has 0 unspecified atom stereocenters. The van der Waals surface area contributed by atoms with E-state index in [2.05, 4.69) is 20.5 Å². The lowest BCUT2D eigenvalue weighted by Gasteiger charge is -2.08. The molecule has 0 saturated carbocycles. The first-order valence-electron chi connectivity index (χ1n) is 8.61. The van der Waals surface area contributed by atoms with Crippen LogP contribution in [0.5, 0.6) is 0 Å². The van der Waals surface area contributed by atoms with Gasteiger partial charge in [0, 0.05) is 11.6 Å². The first-order valence-corrected chi connectivity index (χ1v) is 8.61. The quantitative estimate of drug-likeness (QED) is 0.432. The van der Waals surface area contributed by atoms with Crippen LogP contribution in [0.1, 0.15) is 15.9 Å². The molecule has 4 rings (SSSR count). The Morgan fingerprint density at radius 2 is 1.75 bits per heavy atom. The molecular weight excluding hydrogens is 355 g/mol. The fraction of sp³-hybridized carbons (Fsp3) is 0. The molecule has 0 spiro atoms. The van der Waals surface area contributed by atoms with E-state index >= 15 is 0 Å². The van der Waals surface area contributed by atoms with Gasteiger partial charge in [-0.1, -0.05) is 36.4 Å². The van der Waals surface area contributed by atoms with Crippen LogP contribution in [0.4, 0.5) is 4.39 Å². The van der Waals surface area contributed by atoms with Crippen LogP contribution in [0.15, 0.2) is 84.1 Å². The summed E-state index contributed by atoms with van der Waals surface area (Å²) in [6.45, 7) is 0. The number of carbonyl (C=O) groups excluding carboxylic acids is 1. The van der Waals surface area contributed by atoms with Crippen molar-refractivity contribution >= 4 is 23.0 Å². The average Bonchev–Trinajstić information content (AvgIpc) is 2.75. The third-order valence-corrected chi connectivity index (χ3v) is 4.14. The minimum Gasteiger partial charge on any atom is -0.267 e. The van der Waals surface area contributed by atoms with Gasteiger partial charge in [0.2, 0.25) is 0 Å². The highest BCUT2D eigenvalue weighted by atomic mass is 19.1. The van der Waals surface area contributed by atoms with Gasteiger partial charge in [-0.2, -0.15) is 5.10 Å². The van der Waals surface area contributed by atoms with Gasteiger partial charge >= 0.3 is 0 Å². The number of pyridine rings is 2. The second-order valence-electron chi connectivity index (χ2n) is 6.04. The van der Waals surface area contributed by atoms with Crippen LogP contribution >= 0.6 is 0 Å². The Morgan fingerprint density at radius 1 is 0.964 bits per heavy atom. The fourth-order valence-electron chi connectivity index (χ4n) is 2.78. The smallest absolute Gasteiger partial charge is 0.267 e. The lowest BCUT2D eigenvalue weighted by atomic mass is 10.1. The second kappa shape index (κ2) is 7.75. The topological polar surface area (TPSA) is 67.2 Å². The van der Waals surface area contributed by atoms with E-state index in [0.717, 1.165) is 5.39 Å². The van der Waals surface area contributed by atoms with E-state index in [0.29, 0.717) is 28.0 Å². The van der Waals surface area contributed by atoms with Crippen LogP contribution in [0.2, 0.25) is 0 Å². The second-order valence-corrected chi connectivity index (χ2v) is 6.04. The van der Waals surface area contributed by atoms with Gasteiger partial charge in [-0.05, 0) is 42.0 Å². The van der Waals surface area contributed by atoms with E-state index in [1.807, 2.05) is 42.5 Å². The molecule has 0 bridgehead atoms. The average molecular weight is 370 g/mol. The molecule has 0 atom stereocenters. The Hall–Kier alpha value is -3.93. The van der Waals surface area contributed by atoms with E-state index < -0.39 is 0 Å². The van der Waals surface area contributed by atoms with Gasteiger partial charge in [0.25, 0.3) is 5.91 Å². The number of para-hydroxylation sites is 1. The number of hydrazone groups is 1. The molecule has 0 radical (unpaired) electrons. The summed E-state index contributed by atoms with van der Waals surface area (Å²) in [5, 5.41) is 4.69. The number of rotatable bonds is 4. The number of hydrogen-bond acceptors (Lipinski definition) is 4. The molecule has 2 aromatic carbocycles. The van der Waals surface area contributed by atoms with Crippen molar-refractivity contribution in [3.8, 4) is 11.4 Å². The predicted octanol–water partition coefficient (Wildman–Crippen LogP) is 4.20. The number of halogens is 1. The molecule has 5 nitrogen and oxygen atoms in total. The number of benzene rings is 2. The normalized spacial score (nSPS) is 11.0. The Bertz CT molecular complexity index is 1160. The minimum atomic E-state index is -0.367. The summed E-state index contributed by atoms with van der Waals surface area (Å²) >= 11 is 0. The van der Waals surface area contributed by atoms with E-state index in [1.54, 1.807) is 24.4 Å². The molecule has 0 aliphatic heterocycles. The van der Waals surface area contributed by atoms with E-state index in [-0.39, 0.29) is 11.7 Å². The number of nitrogens with zero attached hydrogens (tertiary/aromatic N) is 3. The largest absolute Gasteiger partial charge is 0.272 e. The first kappa shape index (κ1) is 17.5. The summed E-state index contributed by atoms with van der Waals surface area (Å²) in [5.74, 6) is -0.694. The Morgan fingerprint density at radius 3 is 2.54 bits per heavy atom. The maximum atomic E-state index is 13.0. The zero-order chi connectivity index (χ0) is 19.3. The van der Waals surface area contributed by atoms with Crippen LogP contribution < -0.4 is 5.43 Å².